The van der Waals surface area contributed by atoms with Crippen molar-refractivity contribution in [2.75, 3.05) is 0 Å². The lowest BCUT2D eigenvalue weighted by Crippen LogP contribution is -1.95. The molecule has 3 aromatic rings. The van der Waals surface area contributed by atoms with Crippen molar-refractivity contribution >= 4 is 0 Å². The van der Waals surface area contributed by atoms with E-state index in [2.05, 4.69) is 55.2 Å². The predicted molar refractivity (Wildman–Crippen MR) is 90.5 cm³/mol. The Morgan fingerprint density at radius 2 is 1.73 bits per heavy atom. The molecule has 1 aromatic heterocycles. The quantitative estimate of drug-likeness (QED) is 0.768. The van der Waals surface area contributed by atoms with Gasteiger partial charge in [0.1, 0.15) is 0 Å². The number of benzene rings is 2. The predicted octanol–water partition coefficient (Wildman–Crippen LogP) is 4.52. The van der Waals surface area contributed by atoms with Crippen molar-refractivity contribution in [2.24, 2.45) is 0 Å². The number of hydrogen-bond donors (Lipinski definition) is 1. The van der Waals surface area contributed by atoms with E-state index in [0.29, 0.717) is 0 Å². The molecule has 0 saturated carbocycles. The smallest absolute Gasteiger partial charge is 0.0708 e. The van der Waals surface area contributed by atoms with Crippen molar-refractivity contribution < 1.29 is 5.11 Å². The van der Waals surface area contributed by atoms with E-state index < -0.39 is 0 Å². The van der Waals surface area contributed by atoms with Crippen molar-refractivity contribution in [3.8, 4) is 22.4 Å². The molecule has 0 saturated heterocycles. The summed E-state index contributed by atoms with van der Waals surface area (Å²) in [6.45, 7) is 4.31. The molecule has 0 bridgehead atoms. The van der Waals surface area contributed by atoms with Gasteiger partial charge in [0, 0.05) is 11.8 Å². The van der Waals surface area contributed by atoms with Gasteiger partial charge in [0.2, 0.25) is 0 Å². The summed E-state index contributed by atoms with van der Waals surface area (Å²) in [6, 6.07) is 18.5. The van der Waals surface area contributed by atoms with E-state index in [-0.39, 0.29) is 6.61 Å². The number of aliphatic hydroxyl groups is 1. The highest BCUT2D eigenvalue weighted by atomic mass is 16.3. The molecule has 0 radical (unpaired) electrons. The van der Waals surface area contributed by atoms with E-state index in [1.165, 1.54) is 22.3 Å². The molecule has 1 heterocycles. The minimum atomic E-state index is 0.0337. The van der Waals surface area contributed by atoms with Crippen molar-refractivity contribution in [1.29, 1.82) is 0 Å². The van der Waals surface area contributed by atoms with Crippen LogP contribution in [0.2, 0.25) is 0 Å². The Morgan fingerprint density at radius 1 is 0.955 bits per heavy atom. The molecular weight excluding hydrogens is 270 g/mol. The van der Waals surface area contributed by atoms with Gasteiger partial charge in [0.25, 0.3) is 0 Å². The molecule has 0 unspecified atom stereocenters. The van der Waals surface area contributed by atoms with Crippen LogP contribution in [-0.4, -0.2) is 10.1 Å². The number of pyridine rings is 1. The molecule has 110 valence electrons. The van der Waals surface area contributed by atoms with E-state index in [1.54, 1.807) is 6.20 Å². The Morgan fingerprint density at radius 3 is 2.45 bits per heavy atom. The molecule has 0 aliphatic carbocycles. The lowest BCUT2D eigenvalue weighted by molar-refractivity contribution is 0.282. The number of rotatable bonds is 3. The molecule has 0 aliphatic heterocycles. The summed E-state index contributed by atoms with van der Waals surface area (Å²) in [6.07, 6.45) is 1.75. The van der Waals surface area contributed by atoms with Crippen molar-refractivity contribution in [3.05, 3.63) is 77.5 Å². The second-order valence-electron chi connectivity index (χ2n) is 5.50. The third-order valence-electron chi connectivity index (χ3n) is 4.02. The molecule has 0 fully saturated rings. The largest absolute Gasteiger partial charge is 0.392 e. The average molecular weight is 289 g/mol. The van der Waals surface area contributed by atoms with Crippen LogP contribution in [0, 0.1) is 13.8 Å². The van der Waals surface area contributed by atoms with Gasteiger partial charge in [-0.2, -0.15) is 0 Å². The van der Waals surface area contributed by atoms with Crippen LogP contribution < -0.4 is 0 Å². The minimum absolute atomic E-state index is 0.0337. The molecule has 3 rings (SSSR count). The van der Waals surface area contributed by atoms with Crippen LogP contribution in [0.5, 0.6) is 0 Å². The van der Waals surface area contributed by atoms with E-state index in [1.807, 2.05) is 18.2 Å². The monoisotopic (exact) mass is 289 g/mol. The summed E-state index contributed by atoms with van der Waals surface area (Å²) in [5.74, 6) is 0. The maximum Gasteiger partial charge on any atom is 0.0708 e. The first-order valence-corrected chi connectivity index (χ1v) is 7.42. The fourth-order valence-corrected chi connectivity index (χ4v) is 2.89. The number of aliphatic hydroxyl groups excluding tert-OH is 1. The Hall–Kier alpha value is -2.45. The molecule has 0 aliphatic rings. The van der Waals surface area contributed by atoms with Gasteiger partial charge >= 0.3 is 0 Å². The Bertz CT molecular complexity index is 794. The van der Waals surface area contributed by atoms with E-state index in [4.69, 9.17) is 0 Å². The van der Waals surface area contributed by atoms with Gasteiger partial charge in [-0.05, 0) is 53.8 Å². The van der Waals surface area contributed by atoms with Gasteiger partial charge in [-0.3, -0.25) is 4.98 Å². The van der Waals surface area contributed by atoms with Crippen LogP contribution in [0.3, 0.4) is 0 Å². The zero-order valence-electron chi connectivity index (χ0n) is 12.9. The maximum atomic E-state index is 9.33. The lowest BCUT2D eigenvalue weighted by atomic mass is 9.91. The Balaban J connectivity index is 2.18. The van der Waals surface area contributed by atoms with Crippen molar-refractivity contribution in [1.82, 2.24) is 4.98 Å². The summed E-state index contributed by atoms with van der Waals surface area (Å²) in [4.78, 5) is 4.47. The molecule has 0 amide bonds. The third kappa shape index (κ3) is 2.66. The number of aromatic nitrogens is 1. The second kappa shape index (κ2) is 6.12. The van der Waals surface area contributed by atoms with Gasteiger partial charge in [0.05, 0.1) is 12.3 Å². The first kappa shape index (κ1) is 14.5. The first-order chi connectivity index (χ1) is 10.7. The number of aryl methyl sites for hydroxylation is 1. The zero-order chi connectivity index (χ0) is 15.5. The molecule has 2 heteroatoms. The highest BCUT2D eigenvalue weighted by molar-refractivity contribution is 5.79. The minimum Gasteiger partial charge on any atom is -0.392 e. The Labute approximate surface area is 131 Å². The first-order valence-electron chi connectivity index (χ1n) is 7.42. The van der Waals surface area contributed by atoms with Crippen LogP contribution >= 0.6 is 0 Å². The third-order valence-corrected chi connectivity index (χ3v) is 4.02. The maximum absolute atomic E-state index is 9.33. The molecule has 1 N–H and O–H groups in total. The average Bonchev–Trinajstić information content (AvgIpc) is 2.56. The molecular formula is C20H19NO. The summed E-state index contributed by atoms with van der Waals surface area (Å²) in [5.41, 5.74) is 7.85. The molecule has 2 nitrogen and oxygen atoms in total. The molecule has 22 heavy (non-hydrogen) atoms. The molecule has 2 aromatic carbocycles. The second-order valence-corrected chi connectivity index (χ2v) is 5.50. The van der Waals surface area contributed by atoms with E-state index in [9.17, 15) is 5.11 Å². The highest BCUT2D eigenvalue weighted by Gasteiger charge is 2.12. The summed E-state index contributed by atoms with van der Waals surface area (Å²) in [5, 5.41) is 9.33. The Kier molecular flexibility index (Phi) is 4.03. The van der Waals surface area contributed by atoms with Gasteiger partial charge in [-0.15, -0.1) is 0 Å². The standard InChI is InChI=1S/C20H19NO/c1-14-8-9-18(19-12-16(13-22)10-11-21-19)15(2)20(14)17-6-4-3-5-7-17/h3-12,22H,13H2,1-2H3. The highest BCUT2D eigenvalue weighted by Crippen LogP contribution is 2.33. The lowest BCUT2D eigenvalue weighted by Gasteiger charge is -2.15. The topological polar surface area (TPSA) is 33.1 Å². The van der Waals surface area contributed by atoms with Gasteiger partial charge in [-0.25, -0.2) is 0 Å². The van der Waals surface area contributed by atoms with Crippen LogP contribution in [0.1, 0.15) is 16.7 Å². The normalized spacial score (nSPS) is 10.7. The SMILES string of the molecule is Cc1ccc(-c2cc(CO)ccn2)c(C)c1-c1ccccc1. The summed E-state index contributed by atoms with van der Waals surface area (Å²) in [7, 11) is 0. The van der Waals surface area contributed by atoms with Crippen LogP contribution in [0.15, 0.2) is 60.8 Å². The van der Waals surface area contributed by atoms with E-state index in [0.717, 1.165) is 16.8 Å². The van der Waals surface area contributed by atoms with Gasteiger partial charge in [-0.1, -0.05) is 42.5 Å². The zero-order valence-corrected chi connectivity index (χ0v) is 12.9. The molecule has 0 atom stereocenters. The van der Waals surface area contributed by atoms with Crippen LogP contribution in [0.25, 0.3) is 22.4 Å². The number of nitrogens with zero attached hydrogens (tertiary/aromatic N) is 1. The van der Waals surface area contributed by atoms with Gasteiger partial charge < -0.3 is 5.11 Å². The van der Waals surface area contributed by atoms with Crippen LogP contribution in [-0.2, 0) is 6.61 Å². The van der Waals surface area contributed by atoms with Crippen molar-refractivity contribution in [3.63, 3.8) is 0 Å². The van der Waals surface area contributed by atoms with Crippen LogP contribution in [0.4, 0.5) is 0 Å². The summed E-state index contributed by atoms with van der Waals surface area (Å²) < 4.78 is 0. The number of hydrogen-bond acceptors (Lipinski definition) is 2. The summed E-state index contributed by atoms with van der Waals surface area (Å²) >= 11 is 0. The van der Waals surface area contributed by atoms with Crippen molar-refractivity contribution in [2.45, 2.75) is 20.5 Å². The van der Waals surface area contributed by atoms with E-state index >= 15 is 0 Å². The fraction of sp³-hybridized carbons (Fsp3) is 0.150. The molecule has 0 spiro atoms. The van der Waals surface area contributed by atoms with Gasteiger partial charge in [0.15, 0.2) is 0 Å². The fourth-order valence-electron chi connectivity index (χ4n) is 2.89.